The molecule has 2 aliphatic rings. The number of unbranched alkanes of at least 4 members (excludes halogenated alkanes) is 1. The van der Waals surface area contributed by atoms with Gasteiger partial charge in [-0.15, -0.1) is 0 Å². The van der Waals surface area contributed by atoms with Gasteiger partial charge in [-0.05, 0) is 38.5 Å². The summed E-state index contributed by atoms with van der Waals surface area (Å²) < 4.78 is 29.1. The number of hydrogen-bond donors (Lipinski definition) is 1. The number of piperidine rings is 1. The van der Waals surface area contributed by atoms with Gasteiger partial charge in [-0.3, -0.25) is 0 Å². The summed E-state index contributed by atoms with van der Waals surface area (Å²) in [6, 6.07) is 1.21. The van der Waals surface area contributed by atoms with Crippen molar-refractivity contribution in [2.45, 2.75) is 76.9 Å². The third-order valence-corrected chi connectivity index (χ3v) is 6.86. The molecule has 0 aromatic carbocycles. The predicted octanol–water partition coefficient (Wildman–Crippen LogP) is 1.96. The molecule has 2 bridgehead atoms. The summed E-state index contributed by atoms with van der Waals surface area (Å²) in [5.74, 6) is 0. The molecule has 124 valence electrons. The fraction of sp³-hybridized carbons (Fsp3) is 1.00. The lowest BCUT2D eigenvalue weighted by molar-refractivity contribution is 0.214. The molecule has 0 aromatic rings. The SMILES string of the molecule is CCCCN(C)S(=O)(=O)N(CCC)C1CC2CCC(C1)N2. The van der Waals surface area contributed by atoms with Gasteiger partial charge in [-0.1, -0.05) is 20.3 Å². The van der Waals surface area contributed by atoms with E-state index in [1.807, 2.05) is 0 Å². The number of fused-ring (bicyclic) bond motifs is 2. The van der Waals surface area contributed by atoms with E-state index in [1.54, 1.807) is 15.7 Å². The largest absolute Gasteiger partial charge is 0.311 e. The second kappa shape index (κ2) is 7.40. The maximum atomic E-state index is 12.9. The number of nitrogens with one attached hydrogen (secondary N) is 1. The van der Waals surface area contributed by atoms with Gasteiger partial charge in [-0.25, -0.2) is 0 Å². The van der Waals surface area contributed by atoms with Gasteiger partial charge in [0.25, 0.3) is 10.2 Å². The Kier molecular flexibility index (Phi) is 6.05. The molecule has 0 aromatic heterocycles. The lowest BCUT2D eigenvalue weighted by Gasteiger charge is -2.38. The van der Waals surface area contributed by atoms with E-state index >= 15 is 0 Å². The van der Waals surface area contributed by atoms with E-state index in [9.17, 15) is 8.42 Å². The Morgan fingerprint density at radius 2 is 1.67 bits per heavy atom. The highest BCUT2D eigenvalue weighted by Crippen LogP contribution is 2.31. The molecule has 0 saturated carbocycles. The van der Waals surface area contributed by atoms with E-state index in [0.29, 0.717) is 25.2 Å². The van der Waals surface area contributed by atoms with Crippen LogP contribution in [0.3, 0.4) is 0 Å². The van der Waals surface area contributed by atoms with Crippen molar-refractivity contribution < 1.29 is 8.42 Å². The highest BCUT2D eigenvalue weighted by molar-refractivity contribution is 7.86. The first-order valence-electron chi connectivity index (χ1n) is 8.48. The zero-order valence-electron chi connectivity index (χ0n) is 13.7. The first-order chi connectivity index (χ1) is 9.98. The summed E-state index contributed by atoms with van der Waals surface area (Å²) >= 11 is 0. The molecule has 1 N–H and O–H groups in total. The fourth-order valence-electron chi connectivity index (χ4n) is 3.64. The Balaban J connectivity index is 2.10. The molecular weight excluding hydrogens is 286 g/mol. The van der Waals surface area contributed by atoms with Gasteiger partial charge in [0.05, 0.1) is 0 Å². The molecule has 6 heteroatoms. The molecule has 0 aliphatic carbocycles. The van der Waals surface area contributed by atoms with Gasteiger partial charge in [0, 0.05) is 38.3 Å². The maximum Gasteiger partial charge on any atom is 0.281 e. The summed E-state index contributed by atoms with van der Waals surface area (Å²) in [4.78, 5) is 0. The van der Waals surface area contributed by atoms with Crippen LogP contribution in [-0.2, 0) is 10.2 Å². The summed E-state index contributed by atoms with van der Waals surface area (Å²) in [5, 5.41) is 3.60. The number of rotatable bonds is 8. The standard InChI is InChI=1S/C15H31N3O2S/c1-4-6-10-17(3)21(19,20)18(9-5-2)15-11-13-7-8-14(12-15)16-13/h13-16H,4-12H2,1-3H3. The molecule has 21 heavy (non-hydrogen) atoms. The van der Waals surface area contributed by atoms with Crippen LogP contribution < -0.4 is 5.32 Å². The monoisotopic (exact) mass is 317 g/mol. The van der Waals surface area contributed by atoms with Gasteiger partial charge < -0.3 is 5.32 Å². The molecule has 0 radical (unpaired) electrons. The molecule has 2 rings (SSSR count). The second-order valence-corrected chi connectivity index (χ2v) is 8.54. The zero-order chi connectivity index (χ0) is 15.5. The Morgan fingerprint density at radius 3 is 2.19 bits per heavy atom. The molecule has 2 saturated heterocycles. The van der Waals surface area contributed by atoms with Crippen molar-refractivity contribution in [3.63, 3.8) is 0 Å². The van der Waals surface area contributed by atoms with Gasteiger partial charge in [0.2, 0.25) is 0 Å². The van der Waals surface area contributed by atoms with Crippen LogP contribution in [0, 0.1) is 0 Å². The fourth-order valence-corrected chi connectivity index (χ4v) is 5.32. The van der Waals surface area contributed by atoms with E-state index in [-0.39, 0.29) is 6.04 Å². The third-order valence-electron chi connectivity index (χ3n) is 4.82. The Hall–Kier alpha value is -0.170. The van der Waals surface area contributed by atoms with Gasteiger partial charge in [-0.2, -0.15) is 17.0 Å². The van der Waals surface area contributed by atoms with Crippen LogP contribution in [0.1, 0.15) is 58.8 Å². The average molecular weight is 317 g/mol. The molecule has 0 spiro atoms. The van der Waals surface area contributed by atoms with Crippen LogP contribution in [-0.4, -0.2) is 55.3 Å². The molecule has 2 unspecified atom stereocenters. The van der Waals surface area contributed by atoms with Gasteiger partial charge in [0.1, 0.15) is 0 Å². The minimum atomic E-state index is -3.32. The van der Waals surface area contributed by atoms with Gasteiger partial charge in [0.15, 0.2) is 0 Å². The predicted molar refractivity (Wildman–Crippen MR) is 86.4 cm³/mol. The molecule has 2 fully saturated rings. The minimum absolute atomic E-state index is 0.178. The van der Waals surface area contributed by atoms with Crippen LogP contribution in [0.25, 0.3) is 0 Å². The third kappa shape index (κ3) is 3.97. The normalized spacial score (nSPS) is 29.5. The summed E-state index contributed by atoms with van der Waals surface area (Å²) in [7, 11) is -1.59. The van der Waals surface area contributed by atoms with E-state index in [4.69, 9.17) is 0 Å². The van der Waals surface area contributed by atoms with Crippen LogP contribution in [0.5, 0.6) is 0 Å². The smallest absolute Gasteiger partial charge is 0.281 e. The lowest BCUT2D eigenvalue weighted by atomic mass is 10.00. The minimum Gasteiger partial charge on any atom is -0.311 e. The van der Waals surface area contributed by atoms with E-state index in [2.05, 4.69) is 19.2 Å². The summed E-state index contributed by atoms with van der Waals surface area (Å²) in [5.41, 5.74) is 0. The van der Waals surface area contributed by atoms with Crippen molar-refractivity contribution >= 4 is 10.2 Å². The maximum absolute atomic E-state index is 12.9. The second-order valence-electron chi connectivity index (χ2n) is 6.56. The number of hydrogen-bond acceptors (Lipinski definition) is 3. The van der Waals surface area contributed by atoms with E-state index in [1.165, 1.54) is 12.8 Å². The highest BCUT2D eigenvalue weighted by atomic mass is 32.2. The van der Waals surface area contributed by atoms with Crippen molar-refractivity contribution in [2.24, 2.45) is 0 Å². The molecule has 0 amide bonds. The first kappa shape index (κ1) is 17.2. The highest BCUT2D eigenvalue weighted by Gasteiger charge is 2.40. The van der Waals surface area contributed by atoms with Crippen molar-refractivity contribution in [3.05, 3.63) is 0 Å². The van der Waals surface area contributed by atoms with Crippen molar-refractivity contribution in [1.82, 2.24) is 13.9 Å². The van der Waals surface area contributed by atoms with Crippen molar-refractivity contribution in [1.29, 1.82) is 0 Å². The zero-order valence-corrected chi connectivity index (χ0v) is 14.5. The lowest BCUT2D eigenvalue weighted by Crippen LogP contribution is -2.53. The Bertz CT molecular complexity index is 415. The molecule has 2 heterocycles. The van der Waals surface area contributed by atoms with Crippen LogP contribution in [0.15, 0.2) is 0 Å². The Labute approximate surface area is 130 Å². The quantitative estimate of drug-likeness (QED) is 0.744. The summed E-state index contributed by atoms with van der Waals surface area (Å²) in [6.07, 6.45) is 7.16. The topological polar surface area (TPSA) is 52.7 Å². The van der Waals surface area contributed by atoms with Crippen LogP contribution in [0.2, 0.25) is 0 Å². The number of nitrogens with zero attached hydrogens (tertiary/aromatic N) is 2. The molecule has 5 nitrogen and oxygen atoms in total. The first-order valence-corrected chi connectivity index (χ1v) is 9.87. The molecular formula is C15H31N3O2S. The Morgan fingerprint density at radius 1 is 1.05 bits per heavy atom. The summed E-state index contributed by atoms with van der Waals surface area (Å²) in [6.45, 7) is 5.42. The van der Waals surface area contributed by atoms with Crippen molar-refractivity contribution in [2.75, 3.05) is 20.1 Å². The van der Waals surface area contributed by atoms with E-state index in [0.717, 1.165) is 32.1 Å². The van der Waals surface area contributed by atoms with Crippen molar-refractivity contribution in [3.8, 4) is 0 Å². The van der Waals surface area contributed by atoms with Crippen LogP contribution in [0.4, 0.5) is 0 Å². The van der Waals surface area contributed by atoms with E-state index < -0.39 is 10.2 Å². The average Bonchev–Trinajstić information content (AvgIpc) is 2.80. The molecule has 2 aliphatic heterocycles. The van der Waals surface area contributed by atoms with Crippen LogP contribution >= 0.6 is 0 Å². The molecule has 2 atom stereocenters. The van der Waals surface area contributed by atoms with Gasteiger partial charge >= 0.3 is 0 Å².